The van der Waals surface area contributed by atoms with Crippen molar-refractivity contribution < 1.29 is 23.7 Å². The molecule has 0 unspecified atom stereocenters. The molecule has 4 aromatic carbocycles. The van der Waals surface area contributed by atoms with E-state index in [4.69, 9.17) is 18.9 Å². The van der Waals surface area contributed by atoms with Crippen LogP contribution in [0.4, 0.5) is 0 Å². The predicted molar refractivity (Wildman–Crippen MR) is 175 cm³/mol. The van der Waals surface area contributed by atoms with E-state index in [2.05, 4.69) is 58.9 Å². The second-order valence-electron chi connectivity index (χ2n) is 11.7. The van der Waals surface area contributed by atoms with E-state index in [9.17, 15) is 4.79 Å². The second-order valence-corrected chi connectivity index (χ2v) is 12.5. The van der Waals surface area contributed by atoms with E-state index in [0.717, 1.165) is 40.6 Å². The van der Waals surface area contributed by atoms with Crippen molar-refractivity contribution in [1.82, 2.24) is 4.90 Å². The maximum atomic E-state index is 13.7. The van der Waals surface area contributed by atoms with Gasteiger partial charge in [-0.3, -0.25) is 4.90 Å². The zero-order valence-corrected chi connectivity index (χ0v) is 27.5. The fraction of sp³-hybridized carbons (Fsp3) is 0.361. The number of carbonyl (C=O) groups is 1. The molecule has 0 saturated carbocycles. The Morgan fingerprint density at radius 1 is 0.907 bits per heavy atom. The molecule has 0 bridgehead atoms. The molecule has 0 fully saturated rings. The van der Waals surface area contributed by atoms with E-state index in [1.807, 2.05) is 64.1 Å². The first-order valence-electron chi connectivity index (χ1n) is 14.9. The van der Waals surface area contributed by atoms with Crippen LogP contribution < -0.4 is 18.9 Å². The molecular formula is C36H40BrNO5. The van der Waals surface area contributed by atoms with Crippen LogP contribution in [0.25, 0.3) is 10.8 Å². The number of benzene rings is 4. The van der Waals surface area contributed by atoms with Crippen molar-refractivity contribution in [3.8, 4) is 23.0 Å². The summed E-state index contributed by atoms with van der Waals surface area (Å²) in [5.74, 6) is 1.95. The van der Waals surface area contributed by atoms with Crippen LogP contribution >= 0.6 is 15.9 Å². The van der Waals surface area contributed by atoms with Crippen LogP contribution in [0.5, 0.6) is 23.0 Å². The van der Waals surface area contributed by atoms with Gasteiger partial charge in [-0.25, -0.2) is 4.79 Å². The van der Waals surface area contributed by atoms with E-state index < -0.39 is 5.97 Å². The molecule has 2 atom stereocenters. The quantitative estimate of drug-likeness (QED) is 0.134. The molecule has 0 aromatic heterocycles. The first-order valence-corrected chi connectivity index (χ1v) is 15.7. The molecule has 1 aliphatic rings. The number of rotatable bonds is 9. The van der Waals surface area contributed by atoms with E-state index in [1.54, 1.807) is 13.2 Å². The molecule has 226 valence electrons. The standard InChI is InChI=1S/C36H40BrNO5/c1-21(2)41-30-15-11-14-28-34(30)31(40-7)19-29(35(28)37)36(39)43-27-17-26-16-23(5)38(20-25-12-9-8-10-13-25)24(6)33(26)32(18-27)42-22(3)4/h8-15,17-19,21-24H,16,20H2,1-7H3/t23-,24-/m1/s1. The van der Waals surface area contributed by atoms with Gasteiger partial charge in [-0.05, 0) is 93.2 Å². The number of ether oxygens (including phenoxy) is 4. The van der Waals surface area contributed by atoms with E-state index in [1.165, 1.54) is 5.56 Å². The molecule has 5 rings (SSSR count). The zero-order valence-electron chi connectivity index (χ0n) is 25.9. The summed E-state index contributed by atoms with van der Waals surface area (Å²) in [6.07, 6.45) is 0.768. The maximum absolute atomic E-state index is 13.7. The summed E-state index contributed by atoms with van der Waals surface area (Å²) in [5.41, 5.74) is 3.93. The fourth-order valence-corrected chi connectivity index (χ4v) is 6.59. The van der Waals surface area contributed by atoms with E-state index in [0.29, 0.717) is 33.3 Å². The van der Waals surface area contributed by atoms with Crippen LogP contribution in [0.2, 0.25) is 0 Å². The summed E-state index contributed by atoms with van der Waals surface area (Å²) in [7, 11) is 1.59. The summed E-state index contributed by atoms with van der Waals surface area (Å²) in [4.78, 5) is 16.2. The van der Waals surface area contributed by atoms with Crippen LogP contribution in [0.1, 0.15) is 74.6 Å². The van der Waals surface area contributed by atoms with Crippen molar-refractivity contribution in [3.63, 3.8) is 0 Å². The lowest BCUT2D eigenvalue weighted by Crippen LogP contribution is -2.40. The number of fused-ring (bicyclic) bond motifs is 2. The number of nitrogens with zero attached hydrogens (tertiary/aromatic N) is 1. The van der Waals surface area contributed by atoms with Crippen molar-refractivity contribution in [2.45, 2.75) is 78.8 Å². The van der Waals surface area contributed by atoms with Crippen molar-refractivity contribution in [2.24, 2.45) is 0 Å². The van der Waals surface area contributed by atoms with Crippen molar-refractivity contribution in [1.29, 1.82) is 0 Å². The average molecular weight is 647 g/mol. The average Bonchev–Trinajstić information content (AvgIpc) is 2.95. The number of esters is 1. The minimum atomic E-state index is -0.486. The molecule has 0 aliphatic carbocycles. The Balaban J connectivity index is 1.50. The molecule has 0 N–H and O–H groups in total. The highest BCUT2D eigenvalue weighted by Gasteiger charge is 2.33. The number of hydrogen-bond acceptors (Lipinski definition) is 6. The third-order valence-electron chi connectivity index (χ3n) is 7.80. The van der Waals surface area contributed by atoms with Gasteiger partial charge in [-0.1, -0.05) is 42.5 Å². The van der Waals surface area contributed by atoms with Gasteiger partial charge in [-0.2, -0.15) is 0 Å². The largest absolute Gasteiger partial charge is 0.496 e. The van der Waals surface area contributed by atoms with Crippen LogP contribution in [0, 0.1) is 0 Å². The van der Waals surface area contributed by atoms with E-state index in [-0.39, 0.29) is 18.2 Å². The lowest BCUT2D eigenvalue weighted by atomic mass is 9.88. The van der Waals surface area contributed by atoms with Gasteiger partial charge in [0.2, 0.25) is 0 Å². The molecular weight excluding hydrogens is 606 g/mol. The SMILES string of the molecule is COc1cc(C(=O)Oc2cc3c(c(OC(C)C)c2)[C@@H](C)N(Cc2ccccc2)[C@H](C)C3)c(Br)c2cccc(OC(C)C)c12. The Morgan fingerprint density at radius 3 is 2.28 bits per heavy atom. The monoisotopic (exact) mass is 645 g/mol. The Hall–Kier alpha value is -3.55. The second kappa shape index (κ2) is 13.0. The number of halogens is 1. The van der Waals surface area contributed by atoms with Crippen molar-refractivity contribution in [3.05, 3.63) is 93.5 Å². The molecule has 1 heterocycles. The minimum absolute atomic E-state index is 0.0131. The first kappa shape index (κ1) is 30.9. The Kier molecular flexibility index (Phi) is 9.33. The Morgan fingerprint density at radius 2 is 1.60 bits per heavy atom. The molecule has 7 heteroatoms. The van der Waals surface area contributed by atoms with E-state index >= 15 is 0 Å². The molecule has 43 heavy (non-hydrogen) atoms. The summed E-state index contributed by atoms with van der Waals surface area (Å²) < 4.78 is 24.8. The smallest absolute Gasteiger partial charge is 0.344 e. The molecule has 4 aromatic rings. The third-order valence-corrected chi connectivity index (χ3v) is 8.66. The van der Waals surface area contributed by atoms with Crippen LogP contribution in [-0.2, 0) is 13.0 Å². The molecule has 0 saturated heterocycles. The van der Waals surface area contributed by atoms with Gasteiger partial charge < -0.3 is 18.9 Å². The van der Waals surface area contributed by atoms with Crippen LogP contribution in [0.15, 0.2) is 71.2 Å². The highest BCUT2D eigenvalue weighted by Crippen LogP contribution is 2.44. The normalized spacial score (nSPS) is 16.8. The summed E-state index contributed by atoms with van der Waals surface area (Å²) in [6, 6.07) is 22.3. The Bertz CT molecular complexity index is 1620. The summed E-state index contributed by atoms with van der Waals surface area (Å²) >= 11 is 3.67. The highest BCUT2D eigenvalue weighted by molar-refractivity contribution is 9.10. The topological polar surface area (TPSA) is 57.2 Å². The number of hydrogen-bond donors (Lipinski definition) is 0. The number of methoxy groups -OCH3 is 1. The van der Waals surface area contributed by atoms with Crippen LogP contribution in [0.3, 0.4) is 0 Å². The molecule has 6 nitrogen and oxygen atoms in total. The fourth-order valence-electron chi connectivity index (χ4n) is 5.98. The number of carbonyl (C=O) groups excluding carboxylic acids is 1. The van der Waals surface area contributed by atoms with Gasteiger partial charge in [0, 0.05) is 40.1 Å². The van der Waals surface area contributed by atoms with Gasteiger partial charge >= 0.3 is 5.97 Å². The predicted octanol–water partition coefficient (Wildman–Crippen LogP) is 8.91. The first-order chi connectivity index (χ1) is 20.6. The highest BCUT2D eigenvalue weighted by atomic mass is 79.9. The van der Waals surface area contributed by atoms with Crippen LogP contribution in [-0.4, -0.2) is 36.2 Å². The Labute approximate surface area is 263 Å². The zero-order chi connectivity index (χ0) is 30.8. The summed E-state index contributed by atoms with van der Waals surface area (Å²) in [5, 5.41) is 1.60. The molecule has 0 amide bonds. The minimum Gasteiger partial charge on any atom is -0.496 e. The molecule has 0 radical (unpaired) electrons. The van der Waals surface area contributed by atoms with Gasteiger partial charge in [0.05, 0.1) is 30.3 Å². The lowest BCUT2D eigenvalue weighted by molar-refractivity contribution is 0.0732. The van der Waals surface area contributed by atoms with Gasteiger partial charge in [0.25, 0.3) is 0 Å². The van der Waals surface area contributed by atoms with Crippen molar-refractivity contribution in [2.75, 3.05) is 7.11 Å². The molecule has 0 spiro atoms. The van der Waals surface area contributed by atoms with Gasteiger partial charge in [0.1, 0.15) is 23.0 Å². The maximum Gasteiger partial charge on any atom is 0.344 e. The lowest BCUT2D eigenvalue weighted by Gasteiger charge is -2.41. The third kappa shape index (κ3) is 6.53. The van der Waals surface area contributed by atoms with Gasteiger partial charge in [0.15, 0.2) is 0 Å². The molecule has 1 aliphatic heterocycles. The van der Waals surface area contributed by atoms with Crippen molar-refractivity contribution >= 4 is 32.7 Å². The summed E-state index contributed by atoms with van der Waals surface area (Å²) in [6.45, 7) is 13.3. The van der Waals surface area contributed by atoms with Gasteiger partial charge in [-0.15, -0.1) is 0 Å².